The highest BCUT2D eigenvalue weighted by Crippen LogP contribution is 2.43. The molecule has 1 N–H and O–H groups in total. The number of hydrogen-bond donors (Lipinski definition) is 1. The number of benzene rings is 3. The number of nitrogens with zero attached hydrogens (tertiary/aromatic N) is 1. The number of aliphatic hydroxyl groups is 1. The van der Waals surface area contributed by atoms with Crippen LogP contribution < -0.4 is 14.4 Å². The summed E-state index contributed by atoms with van der Waals surface area (Å²) in [5.41, 5.74) is 2.56. The lowest BCUT2D eigenvalue weighted by Gasteiger charge is -2.28. The Kier molecular flexibility index (Phi) is 6.68. The fourth-order valence-corrected chi connectivity index (χ4v) is 4.92. The Morgan fingerprint density at radius 3 is 2.41 bits per heavy atom. The molecule has 0 fully saturated rings. The van der Waals surface area contributed by atoms with Crippen LogP contribution in [-0.4, -0.2) is 30.5 Å². The smallest absolute Gasteiger partial charge is 0.294 e. The Balaban J connectivity index is 1.65. The lowest BCUT2D eigenvalue weighted by atomic mass is 9.85. The summed E-state index contributed by atoms with van der Waals surface area (Å²) < 4.78 is 17.0. The number of amides is 1. The predicted molar refractivity (Wildman–Crippen MR) is 150 cm³/mol. The molecule has 5 rings (SSSR count). The molecule has 1 aromatic heterocycles. The van der Waals surface area contributed by atoms with Crippen LogP contribution in [0.1, 0.15) is 55.4 Å². The van der Waals surface area contributed by atoms with E-state index in [-0.39, 0.29) is 16.7 Å². The minimum Gasteiger partial charge on any atom is -0.503 e. The highest BCUT2D eigenvalue weighted by Gasteiger charge is 2.45. The Bertz CT molecular complexity index is 1590. The van der Waals surface area contributed by atoms with Crippen molar-refractivity contribution in [2.24, 2.45) is 0 Å². The molecule has 0 saturated carbocycles. The molecule has 0 aliphatic carbocycles. The van der Waals surface area contributed by atoms with Crippen molar-refractivity contribution in [3.05, 3.63) is 101 Å². The number of Topliss-reactive ketones (excluding diaryl/α,β-unsaturated/α-hetero) is 1. The number of para-hydroxylation sites is 1. The largest absolute Gasteiger partial charge is 0.503 e. The van der Waals surface area contributed by atoms with E-state index in [1.807, 2.05) is 31.2 Å². The number of methoxy groups -OCH3 is 1. The predicted octanol–water partition coefficient (Wildman–Crippen LogP) is 6.92. The summed E-state index contributed by atoms with van der Waals surface area (Å²) in [5, 5.41) is 11.8. The zero-order valence-electron chi connectivity index (χ0n) is 22.6. The summed E-state index contributed by atoms with van der Waals surface area (Å²) in [6, 6.07) is 20.9. The quantitative estimate of drug-likeness (QED) is 0.264. The zero-order valence-corrected chi connectivity index (χ0v) is 22.6. The number of carbonyl (C=O) groups excluding carboxylic acids is 2. The highest BCUT2D eigenvalue weighted by atomic mass is 16.5. The van der Waals surface area contributed by atoms with Gasteiger partial charge in [0.2, 0.25) is 5.78 Å². The van der Waals surface area contributed by atoms with Crippen LogP contribution in [0.3, 0.4) is 0 Å². The van der Waals surface area contributed by atoms with Gasteiger partial charge in [0.25, 0.3) is 5.91 Å². The second-order valence-corrected chi connectivity index (χ2v) is 10.5. The van der Waals surface area contributed by atoms with Gasteiger partial charge in [0.1, 0.15) is 5.75 Å². The molecule has 1 aliphatic rings. The van der Waals surface area contributed by atoms with Crippen molar-refractivity contribution in [2.75, 3.05) is 18.6 Å². The molecule has 1 aliphatic heterocycles. The van der Waals surface area contributed by atoms with E-state index in [4.69, 9.17) is 13.9 Å². The van der Waals surface area contributed by atoms with Crippen molar-refractivity contribution in [1.82, 2.24) is 0 Å². The summed E-state index contributed by atoms with van der Waals surface area (Å²) in [6.45, 7) is 8.67. The molecule has 0 radical (unpaired) electrons. The zero-order chi connectivity index (χ0) is 27.9. The molecule has 3 aromatic carbocycles. The average molecular weight is 526 g/mol. The van der Waals surface area contributed by atoms with E-state index < -0.39 is 23.5 Å². The minimum absolute atomic E-state index is 0.00470. The van der Waals surface area contributed by atoms with E-state index in [0.717, 1.165) is 5.56 Å². The van der Waals surface area contributed by atoms with Crippen LogP contribution >= 0.6 is 0 Å². The number of aliphatic hydroxyl groups excluding tert-OH is 1. The molecule has 0 saturated heterocycles. The average Bonchev–Trinajstić information content (AvgIpc) is 3.47. The maximum absolute atomic E-state index is 14.0. The van der Waals surface area contributed by atoms with Gasteiger partial charge < -0.3 is 19.0 Å². The molecular weight excluding hydrogens is 494 g/mol. The summed E-state index contributed by atoms with van der Waals surface area (Å²) in [7, 11) is 1.52. The van der Waals surface area contributed by atoms with Crippen molar-refractivity contribution < 1.29 is 28.6 Å². The lowest BCUT2D eigenvalue weighted by molar-refractivity contribution is -0.117. The number of fused-ring (bicyclic) bond motifs is 1. The van der Waals surface area contributed by atoms with Gasteiger partial charge in [-0.1, -0.05) is 63.2 Å². The van der Waals surface area contributed by atoms with Gasteiger partial charge >= 0.3 is 0 Å². The van der Waals surface area contributed by atoms with Gasteiger partial charge in [-0.15, -0.1) is 0 Å². The molecule has 1 amide bonds. The summed E-state index contributed by atoms with van der Waals surface area (Å²) in [4.78, 5) is 29.0. The molecule has 1 atom stereocenters. The molecule has 7 heteroatoms. The number of hydrogen-bond acceptors (Lipinski definition) is 6. The molecule has 0 spiro atoms. The topological polar surface area (TPSA) is 89.2 Å². The number of furan rings is 1. The monoisotopic (exact) mass is 525 g/mol. The third-order valence-corrected chi connectivity index (χ3v) is 6.90. The number of carbonyl (C=O) groups is 2. The van der Waals surface area contributed by atoms with Gasteiger partial charge in [-0.05, 0) is 47.7 Å². The standard InChI is InChI=1S/C32H31NO6/c1-6-38-23-11-8-10-22(18-23)33-27(19-13-15-21(16-14-19)32(2,3)4)26(29(35)31(33)36)28(34)25-17-20-9-7-12-24(37-5)30(20)39-25/h7-18,27,35H,6H2,1-5H3. The SMILES string of the molecule is CCOc1cccc(N2C(=O)C(O)=C(C(=O)c3cc4cccc(OC)c4o3)C2c2ccc(C(C)(C)C)cc2)c1. The van der Waals surface area contributed by atoms with Crippen molar-refractivity contribution in [3.63, 3.8) is 0 Å². The second kappa shape index (κ2) is 9.98. The van der Waals surface area contributed by atoms with E-state index in [1.165, 1.54) is 12.0 Å². The molecule has 200 valence electrons. The maximum atomic E-state index is 14.0. The normalized spacial score (nSPS) is 15.8. The number of ketones is 1. The Morgan fingerprint density at radius 1 is 1.03 bits per heavy atom. The summed E-state index contributed by atoms with van der Waals surface area (Å²) in [6.07, 6.45) is 0. The van der Waals surface area contributed by atoms with Crippen LogP contribution in [0.2, 0.25) is 0 Å². The summed E-state index contributed by atoms with van der Waals surface area (Å²) in [5.74, 6) is -0.800. The number of anilines is 1. The molecule has 4 aromatic rings. The Morgan fingerprint density at radius 2 is 1.74 bits per heavy atom. The van der Waals surface area contributed by atoms with Gasteiger partial charge in [-0.2, -0.15) is 0 Å². The van der Waals surface area contributed by atoms with Crippen molar-refractivity contribution in [2.45, 2.75) is 39.2 Å². The first-order valence-electron chi connectivity index (χ1n) is 12.8. The van der Waals surface area contributed by atoms with Gasteiger partial charge in [0.05, 0.1) is 25.3 Å². The van der Waals surface area contributed by atoms with Crippen LogP contribution in [0.5, 0.6) is 11.5 Å². The summed E-state index contributed by atoms with van der Waals surface area (Å²) >= 11 is 0. The van der Waals surface area contributed by atoms with Crippen LogP contribution in [0.25, 0.3) is 11.0 Å². The van der Waals surface area contributed by atoms with Crippen LogP contribution in [0.4, 0.5) is 5.69 Å². The number of rotatable bonds is 7. The Labute approximate surface area is 227 Å². The molecule has 7 nitrogen and oxygen atoms in total. The van der Waals surface area contributed by atoms with Gasteiger partial charge in [-0.25, -0.2) is 0 Å². The highest BCUT2D eigenvalue weighted by molar-refractivity contribution is 6.20. The first-order valence-corrected chi connectivity index (χ1v) is 12.8. The first-order chi connectivity index (χ1) is 18.6. The number of ether oxygens (including phenoxy) is 2. The van der Waals surface area contributed by atoms with E-state index >= 15 is 0 Å². The van der Waals surface area contributed by atoms with Gasteiger partial charge in [-0.3, -0.25) is 14.5 Å². The fraction of sp³-hybridized carbons (Fsp3) is 0.250. The van der Waals surface area contributed by atoms with Crippen LogP contribution in [-0.2, 0) is 10.2 Å². The molecule has 39 heavy (non-hydrogen) atoms. The van der Waals surface area contributed by atoms with E-state index in [9.17, 15) is 14.7 Å². The third kappa shape index (κ3) is 4.65. The van der Waals surface area contributed by atoms with Gasteiger partial charge in [0, 0.05) is 17.1 Å². The fourth-order valence-electron chi connectivity index (χ4n) is 4.92. The molecule has 1 unspecified atom stereocenters. The second-order valence-electron chi connectivity index (χ2n) is 10.5. The van der Waals surface area contributed by atoms with E-state index in [1.54, 1.807) is 48.5 Å². The van der Waals surface area contributed by atoms with Crippen molar-refractivity contribution in [3.8, 4) is 11.5 Å². The van der Waals surface area contributed by atoms with E-state index in [2.05, 4.69) is 20.8 Å². The van der Waals surface area contributed by atoms with Crippen molar-refractivity contribution >= 4 is 28.3 Å². The van der Waals surface area contributed by atoms with E-state index in [0.29, 0.717) is 40.3 Å². The maximum Gasteiger partial charge on any atom is 0.294 e. The van der Waals surface area contributed by atoms with Crippen molar-refractivity contribution in [1.29, 1.82) is 0 Å². The lowest BCUT2D eigenvalue weighted by Crippen LogP contribution is -2.31. The molecular formula is C32H31NO6. The third-order valence-electron chi connectivity index (χ3n) is 6.90. The van der Waals surface area contributed by atoms with Crippen LogP contribution in [0.15, 0.2) is 88.5 Å². The Hall–Kier alpha value is -4.52. The molecule has 2 heterocycles. The van der Waals surface area contributed by atoms with Gasteiger partial charge in [0.15, 0.2) is 22.9 Å². The minimum atomic E-state index is -0.883. The first kappa shape index (κ1) is 26.1. The molecule has 0 bridgehead atoms. The van der Waals surface area contributed by atoms with Crippen LogP contribution in [0, 0.1) is 0 Å².